The van der Waals surface area contributed by atoms with Crippen LogP contribution in [0, 0.1) is 5.92 Å². The van der Waals surface area contributed by atoms with Crippen molar-refractivity contribution in [3.8, 4) is 0 Å². The zero-order valence-electron chi connectivity index (χ0n) is 7.72. The van der Waals surface area contributed by atoms with Crippen LogP contribution in [0.1, 0.15) is 11.5 Å². The van der Waals surface area contributed by atoms with Crippen LogP contribution in [0.5, 0.6) is 0 Å². The van der Waals surface area contributed by atoms with Crippen LogP contribution in [0.2, 0.25) is 0 Å². The van der Waals surface area contributed by atoms with Crippen LogP contribution in [0.15, 0.2) is 30.3 Å². The fourth-order valence-corrected chi connectivity index (χ4v) is 3.27. The van der Waals surface area contributed by atoms with Gasteiger partial charge in [0.25, 0.3) is 0 Å². The molecule has 0 unspecified atom stereocenters. The van der Waals surface area contributed by atoms with E-state index in [-0.39, 0.29) is 11.8 Å². The van der Waals surface area contributed by atoms with Gasteiger partial charge in [0.1, 0.15) is 0 Å². The Bertz CT molecular complexity index is 323. The highest BCUT2D eigenvalue weighted by atomic mass is 32.2. The minimum Gasteiger partial charge on any atom is -0.481 e. The molecule has 3 heteroatoms. The Morgan fingerprint density at radius 2 is 2.00 bits per heavy atom. The summed E-state index contributed by atoms with van der Waals surface area (Å²) in [7, 11) is 0. The molecular weight excluding hydrogens is 196 g/mol. The van der Waals surface area contributed by atoms with Crippen LogP contribution >= 0.6 is 11.8 Å². The highest BCUT2D eigenvalue weighted by Crippen LogP contribution is 2.37. The fourth-order valence-electron chi connectivity index (χ4n) is 1.83. The van der Waals surface area contributed by atoms with Gasteiger partial charge in [-0.1, -0.05) is 30.3 Å². The van der Waals surface area contributed by atoms with Gasteiger partial charge in [0.2, 0.25) is 0 Å². The summed E-state index contributed by atoms with van der Waals surface area (Å²) in [5.41, 5.74) is 1.16. The van der Waals surface area contributed by atoms with E-state index >= 15 is 0 Å². The summed E-state index contributed by atoms with van der Waals surface area (Å²) in [6.45, 7) is 0. The molecule has 2 nitrogen and oxygen atoms in total. The molecule has 74 valence electrons. The number of hydrogen-bond acceptors (Lipinski definition) is 2. The van der Waals surface area contributed by atoms with Gasteiger partial charge in [-0.25, -0.2) is 0 Å². The number of carbonyl (C=O) groups is 1. The standard InChI is InChI=1S/C11H12O2S/c12-11(13)10-7-14-6-9(10)8-4-2-1-3-5-8/h1-5,9-10H,6-7H2,(H,12,13)/t9-,10-/m1/s1. The van der Waals surface area contributed by atoms with Crippen LogP contribution in [0.3, 0.4) is 0 Å². The largest absolute Gasteiger partial charge is 0.481 e. The Morgan fingerprint density at radius 1 is 1.29 bits per heavy atom. The fraction of sp³-hybridized carbons (Fsp3) is 0.364. The zero-order valence-corrected chi connectivity index (χ0v) is 8.54. The topological polar surface area (TPSA) is 37.3 Å². The summed E-state index contributed by atoms with van der Waals surface area (Å²) >= 11 is 1.73. The van der Waals surface area contributed by atoms with Crippen molar-refractivity contribution in [3.05, 3.63) is 35.9 Å². The molecule has 1 aromatic rings. The maximum atomic E-state index is 11.0. The van der Waals surface area contributed by atoms with Gasteiger partial charge in [-0.3, -0.25) is 4.79 Å². The first-order valence-electron chi connectivity index (χ1n) is 4.64. The van der Waals surface area contributed by atoms with Gasteiger partial charge in [-0.15, -0.1) is 0 Å². The van der Waals surface area contributed by atoms with E-state index < -0.39 is 5.97 Å². The monoisotopic (exact) mass is 208 g/mol. The molecule has 0 saturated carbocycles. The number of hydrogen-bond donors (Lipinski definition) is 1. The second kappa shape index (κ2) is 4.05. The van der Waals surface area contributed by atoms with E-state index in [1.165, 1.54) is 0 Å². The van der Waals surface area contributed by atoms with Crippen molar-refractivity contribution in [3.63, 3.8) is 0 Å². The van der Waals surface area contributed by atoms with Crippen molar-refractivity contribution < 1.29 is 9.90 Å². The van der Waals surface area contributed by atoms with Gasteiger partial charge >= 0.3 is 5.97 Å². The van der Waals surface area contributed by atoms with Gasteiger partial charge in [0, 0.05) is 17.4 Å². The van der Waals surface area contributed by atoms with Gasteiger partial charge in [-0.2, -0.15) is 11.8 Å². The second-order valence-electron chi connectivity index (χ2n) is 3.50. The molecule has 2 rings (SSSR count). The van der Waals surface area contributed by atoms with Gasteiger partial charge in [0.15, 0.2) is 0 Å². The molecule has 0 spiro atoms. The van der Waals surface area contributed by atoms with Crippen molar-refractivity contribution >= 4 is 17.7 Å². The molecule has 1 aliphatic heterocycles. The van der Waals surface area contributed by atoms with Gasteiger partial charge < -0.3 is 5.11 Å². The van der Waals surface area contributed by atoms with Crippen LogP contribution in [0.25, 0.3) is 0 Å². The lowest BCUT2D eigenvalue weighted by Gasteiger charge is -2.14. The van der Waals surface area contributed by atoms with Crippen LogP contribution in [-0.2, 0) is 4.79 Å². The highest BCUT2D eigenvalue weighted by Gasteiger charge is 2.34. The van der Waals surface area contributed by atoms with E-state index in [1.54, 1.807) is 11.8 Å². The molecule has 2 atom stereocenters. The summed E-state index contributed by atoms with van der Waals surface area (Å²) in [5.74, 6) is 1.00. The SMILES string of the molecule is O=C(O)[C@@H]1CSC[C@@H]1c1ccccc1. The minimum atomic E-state index is -0.663. The summed E-state index contributed by atoms with van der Waals surface area (Å²) in [4.78, 5) is 11.0. The van der Waals surface area contributed by atoms with E-state index in [0.717, 1.165) is 17.1 Å². The van der Waals surface area contributed by atoms with E-state index in [0.29, 0.717) is 0 Å². The smallest absolute Gasteiger partial charge is 0.307 e. The van der Waals surface area contributed by atoms with Gasteiger partial charge in [0.05, 0.1) is 5.92 Å². The van der Waals surface area contributed by atoms with E-state index in [9.17, 15) is 4.79 Å². The van der Waals surface area contributed by atoms with E-state index in [1.807, 2.05) is 30.3 Å². The number of thioether (sulfide) groups is 1. The van der Waals surface area contributed by atoms with Crippen molar-refractivity contribution in [2.24, 2.45) is 5.92 Å². The highest BCUT2D eigenvalue weighted by molar-refractivity contribution is 7.99. The third kappa shape index (κ3) is 1.77. The predicted octanol–water partition coefficient (Wildman–Crippen LogP) is 2.22. The van der Waals surface area contributed by atoms with Gasteiger partial charge in [-0.05, 0) is 5.56 Å². The molecule has 0 aliphatic carbocycles. The summed E-state index contributed by atoms with van der Waals surface area (Å²) in [6, 6.07) is 9.94. The van der Waals surface area contributed by atoms with Crippen molar-refractivity contribution in [2.75, 3.05) is 11.5 Å². The molecule has 0 amide bonds. The van der Waals surface area contributed by atoms with Crippen LogP contribution in [0.4, 0.5) is 0 Å². The van der Waals surface area contributed by atoms with Crippen molar-refractivity contribution in [2.45, 2.75) is 5.92 Å². The number of benzene rings is 1. The molecular formula is C11H12O2S. The molecule has 0 aromatic heterocycles. The lowest BCUT2D eigenvalue weighted by atomic mass is 9.89. The molecule has 1 saturated heterocycles. The number of aliphatic carboxylic acids is 1. The molecule has 14 heavy (non-hydrogen) atoms. The first-order valence-corrected chi connectivity index (χ1v) is 5.80. The second-order valence-corrected chi connectivity index (χ2v) is 4.57. The predicted molar refractivity (Wildman–Crippen MR) is 57.6 cm³/mol. The number of carboxylic acid groups (broad SMARTS) is 1. The van der Waals surface area contributed by atoms with E-state index in [4.69, 9.17) is 5.11 Å². The quantitative estimate of drug-likeness (QED) is 0.809. The number of rotatable bonds is 2. The average Bonchev–Trinajstić information content (AvgIpc) is 2.67. The summed E-state index contributed by atoms with van der Waals surface area (Å²) in [6.07, 6.45) is 0. The summed E-state index contributed by atoms with van der Waals surface area (Å²) in [5, 5.41) is 9.03. The zero-order chi connectivity index (χ0) is 9.97. The lowest BCUT2D eigenvalue weighted by molar-refractivity contribution is -0.141. The van der Waals surface area contributed by atoms with Crippen LogP contribution < -0.4 is 0 Å². The maximum absolute atomic E-state index is 11.0. The first-order chi connectivity index (χ1) is 6.79. The van der Waals surface area contributed by atoms with Crippen LogP contribution in [-0.4, -0.2) is 22.6 Å². The Kier molecular flexibility index (Phi) is 2.77. The van der Waals surface area contributed by atoms with Crippen molar-refractivity contribution in [1.82, 2.24) is 0 Å². The first kappa shape index (κ1) is 9.59. The molecule has 1 aliphatic rings. The summed E-state index contributed by atoms with van der Waals surface area (Å²) < 4.78 is 0. The Morgan fingerprint density at radius 3 is 2.64 bits per heavy atom. The normalized spacial score (nSPS) is 26.3. The average molecular weight is 208 g/mol. The number of carboxylic acids is 1. The molecule has 1 fully saturated rings. The van der Waals surface area contributed by atoms with Crippen molar-refractivity contribution in [1.29, 1.82) is 0 Å². The Hall–Kier alpha value is -0.960. The third-order valence-electron chi connectivity index (χ3n) is 2.63. The maximum Gasteiger partial charge on any atom is 0.307 e. The Labute approximate surface area is 87.3 Å². The molecule has 1 N–H and O–H groups in total. The minimum absolute atomic E-state index is 0.193. The lowest BCUT2D eigenvalue weighted by Crippen LogP contribution is -2.20. The Balaban J connectivity index is 2.22. The molecule has 1 aromatic carbocycles. The van der Waals surface area contributed by atoms with E-state index in [2.05, 4.69) is 0 Å². The molecule has 1 heterocycles. The molecule has 0 radical (unpaired) electrons. The molecule has 0 bridgehead atoms. The third-order valence-corrected chi connectivity index (χ3v) is 3.82.